The molecule has 0 bridgehead atoms. The number of carboxylic acid groups (broad SMARTS) is 1. The van der Waals surface area contributed by atoms with Crippen molar-refractivity contribution < 1.29 is 14.7 Å². The van der Waals surface area contributed by atoms with Gasteiger partial charge < -0.3 is 10.4 Å². The number of hydrogen-bond acceptors (Lipinski definition) is 5. The lowest BCUT2D eigenvalue weighted by Crippen LogP contribution is -2.50. The minimum Gasteiger partial charge on any atom is -0.480 e. The fourth-order valence-electron chi connectivity index (χ4n) is 2.18. The number of amides is 2. The first kappa shape index (κ1) is 15.6. The number of aliphatic carboxylic acids is 1. The van der Waals surface area contributed by atoms with Crippen molar-refractivity contribution in [3.05, 3.63) is 24.3 Å². The molecule has 0 aliphatic carbocycles. The lowest BCUT2D eigenvalue weighted by atomic mass is 10.2. The zero-order valence-corrected chi connectivity index (χ0v) is 12.5. The van der Waals surface area contributed by atoms with Gasteiger partial charge in [0.1, 0.15) is 12.4 Å². The van der Waals surface area contributed by atoms with Gasteiger partial charge in [0.15, 0.2) is 0 Å². The highest BCUT2D eigenvalue weighted by molar-refractivity contribution is 8.00. The van der Waals surface area contributed by atoms with E-state index in [1.165, 1.54) is 23.0 Å². The summed E-state index contributed by atoms with van der Waals surface area (Å²) >= 11 is 1.52. The highest BCUT2D eigenvalue weighted by Gasteiger charge is 2.41. The first-order valence-electron chi connectivity index (χ1n) is 6.79. The summed E-state index contributed by atoms with van der Waals surface area (Å²) in [6, 6.07) is 0.582. The number of rotatable bonds is 5. The molecule has 2 N–H and O–H groups in total. The van der Waals surface area contributed by atoms with Gasteiger partial charge in [-0.1, -0.05) is 13.3 Å². The summed E-state index contributed by atoms with van der Waals surface area (Å²) in [6.07, 6.45) is 4.70. The van der Waals surface area contributed by atoms with Crippen LogP contribution in [0.5, 0.6) is 0 Å². The van der Waals surface area contributed by atoms with E-state index >= 15 is 0 Å². The van der Waals surface area contributed by atoms with Crippen LogP contribution in [0.2, 0.25) is 0 Å². The third-order valence-electron chi connectivity index (χ3n) is 3.21. The lowest BCUT2D eigenvalue weighted by Gasteiger charge is -2.27. The normalized spacial score (nSPS) is 21.3. The molecule has 0 saturated carbocycles. The predicted molar refractivity (Wildman–Crippen MR) is 78.7 cm³/mol. The molecule has 1 aliphatic rings. The van der Waals surface area contributed by atoms with Crippen LogP contribution in [0.4, 0.5) is 4.79 Å². The van der Waals surface area contributed by atoms with Crippen molar-refractivity contribution in [1.82, 2.24) is 20.2 Å². The molecule has 0 radical (unpaired) electrons. The molecule has 7 nitrogen and oxygen atoms in total. The Morgan fingerprint density at radius 1 is 1.57 bits per heavy atom. The van der Waals surface area contributed by atoms with Crippen molar-refractivity contribution >= 4 is 23.8 Å². The van der Waals surface area contributed by atoms with Gasteiger partial charge >= 0.3 is 12.0 Å². The molecule has 2 amide bonds. The van der Waals surface area contributed by atoms with Crippen LogP contribution in [0.1, 0.15) is 25.5 Å². The van der Waals surface area contributed by atoms with Crippen LogP contribution in [0.15, 0.2) is 18.6 Å². The van der Waals surface area contributed by atoms with Gasteiger partial charge in [-0.2, -0.15) is 0 Å². The van der Waals surface area contributed by atoms with Gasteiger partial charge in [-0.15, -0.1) is 11.8 Å². The number of urea groups is 1. The van der Waals surface area contributed by atoms with Crippen molar-refractivity contribution in [2.24, 2.45) is 0 Å². The van der Waals surface area contributed by atoms with Crippen LogP contribution in [0.25, 0.3) is 0 Å². The lowest BCUT2D eigenvalue weighted by molar-refractivity contribution is -0.141. The van der Waals surface area contributed by atoms with Gasteiger partial charge in [-0.05, 0) is 12.5 Å². The number of nitrogens with zero attached hydrogens (tertiary/aromatic N) is 3. The number of nitrogens with one attached hydrogen (secondary N) is 1. The highest BCUT2D eigenvalue weighted by atomic mass is 32.2. The average molecular weight is 310 g/mol. The largest absolute Gasteiger partial charge is 0.480 e. The highest BCUT2D eigenvalue weighted by Crippen LogP contribution is 2.32. The Labute approximate surface area is 127 Å². The molecule has 1 aromatic rings. The number of aromatic nitrogens is 2. The average Bonchev–Trinajstić information content (AvgIpc) is 2.90. The molecule has 2 unspecified atom stereocenters. The van der Waals surface area contributed by atoms with Crippen LogP contribution in [0, 0.1) is 0 Å². The van der Waals surface area contributed by atoms with Gasteiger partial charge in [-0.3, -0.25) is 4.90 Å². The van der Waals surface area contributed by atoms with Gasteiger partial charge in [-0.25, -0.2) is 19.6 Å². The van der Waals surface area contributed by atoms with Crippen molar-refractivity contribution in [2.45, 2.75) is 37.7 Å². The van der Waals surface area contributed by atoms with Crippen LogP contribution in [-0.4, -0.2) is 49.1 Å². The van der Waals surface area contributed by atoms with Crippen molar-refractivity contribution in [3.63, 3.8) is 0 Å². The van der Waals surface area contributed by atoms with Gasteiger partial charge in [0.05, 0.1) is 17.6 Å². The van der Waals surface area contributed by atoms with Gasteiger partial charge in [0.25, 0.3) is 0 Å². The van der Waals surface area contributed by atoms with Gasteiger partial charge in [0.2, 0.25) is 0 Å². The summed E-state index contributed by atoms with van der Waals surface area (Å²) < 4.78 is 0. The van der Waals surface area contributed by atoms with Crippen LogP contribution < -0.4 is 5.32 Å². The topological polar surface area (TPSA) is 95.4 Å². The molecular formula is C13H18N4O3S. The predicted octanol–water partition coefficient (Wildman–Crippen LogP) is 1.31. The third-order valence-corrected chi connectivity index (χ3v) is 4.57. The monoisotopic (exact) mass is 310 g/mol. The van der Waals surface area contributed by atoms with E-state index in [1.54, 1.807) is 12.3 Å². The molecule has 0 spiro atoms. The first-order valence-corrected chi connectivity index (χ1v) is 7.83. The second-order valence-electron chi connectivity index (χ2n) is 4.70. The molecule has 8 heteroatoms. The molecular weight excluding hydrogens is 292 g/mol. The maximum absolute atomic E-state index is 12.3. The summed E-state index contributed by atoms with van der Waals surface area (Å²) in [4.78, 5) is 32.9. The molecule has 2 atom stereocenters. The fraction of sp³-hybridized carbons (Fsp3) is 0.538. The van der Waals surface area contributed by atoms with E-state index in [0.717, 1.165) is 12.8 Å². The molecule has 2 rings (SSSR count). The molecule has 114 valence electrons. The second kappa shape index (κ2) is 7.26. The first-order chi connectivity index (χ1) is 10.1. The number of carbonyl (C=O) groups is 2. The van der Waals surface area contributed by atoms with Crippen molar-refractivity contribution in [3.8, 4) is 0 Å². The number of thioether (sulfide) groups is 1. The Morgan fingerprint density at radius 3 is 3.00 bits per heavy atom. The third kappa shape index (κ3) is 3.84. The van der Waals surface area contributed by atoms with Crippen molar-refractivity contribution in [2.75, 3.05) is 5.75 Å². The number of hydrogen-bond donors (Lipinski definition) is 2. The Bertz CT molecular complexity index is 499. The van der Waals surface area contributed by atoms with E-state index in [-0.39, 0.29) is 17.9 Å². The van der Waals surface area contributed by atoms with E-state index < -0.39 is 12.0 Å². The minimum absolute atomic E-state index is 0.0819. The quantitative estimate of drug-likeness (QED) is 0.851. The smallest absolute Gasteiger partial charge is 0.327 e. The van der Waals surface area contributed by atoms with Crippen LogP contribution >= 0.6 is 11.8 Å². The Balaban J connectivity index is 2.01. The van der Waals surface area contributed by atoms with E-state index in [0.29, 0.717) is 11.4 Å². The Morgan fingerprint density at radius 2 is 2.38 bits per heavy atom. The molecule has 21 heavy (non-hydrogen) atoms. The minimum atomic E-state index is -0.960. The summed E-state index contributed by atoms with van der Waals surface area (Å²) in [7, 11) is 0. The van der Waals surface area contributed by atoms with Gasteiger partial charge in [0, 0.05) is 11.9 Å². The molecule has 2 heterocycles. The maximum atomic E-state index is 12.3. The standard InChI is InChI=1S/C13H18N4O3S/c1-2-3-11-17(10(7-21-11)12(18)19)13(20)15-6-9-4-5-14-8-16-9/h4-5,8,10-11H,2-3,6-7H2,1H3,(H,15,20)(H,18,19). The second-order valence-corrected chi connectivity index (χ2v) is 5.91. The maximum Gasteiger partial charge on any atom is 0.327 e. The zero-order chi connectivity index (χ0) is 15.2. The number of carboxylic acids is 1. The van der Waals surface area contributed by atoms with Crippen LogP contribution in [-0.2, 0) is 11.3 Å². The summed E-state index contributed by atoms with van der Waals surface area (Å²) in [5.74, 6) is -0.528. The summed E-state index contributed by atoms with van der Waals surface area (Å²) in [6.45, 7) is 2.28. The molecule has 1 fully saturated rings. The van der Waals surface area contributed by atoms with E-state index in [1.807, 2.05) is 6.92 Å². The molecule has 1 saturated heterocycles. The van der Waals surface area contributed by atoms with E-state index in [9.17, 15) is 14.7 Å². The molecule has 1 aliphatic heterocycles. The summed E-state index contributed by atoms with van der Waals surface area (Å²) in [5.41, 5.74) is 0.684. The zero-order valence-electron chi connectivity index (χ0n) is 11.7. The summed E-state index contributed by atoms with van der Waals surface area (Å²) in [5, 5.41) is 11.9. The molecule has 1 aromatic heterocycles. The Hall–Kier alpha value is -1.83. The van der Waals surface area contributed by atoms with E-state index in [4.69, 9.17) is 0 Å². The number of carbonyl (C=O) groups excluding carboxylic acids is 1. The van der Waals surface area contributed by atoms with Crippen molar-refractivity contribution in [1.29, 1.82) is 0 Å². The van der Waals surface area contributed by atoms with E-state index in [2.05, 4.69) is 15.3 Å². The fourth-order valence-corrected chi connectivity index (χ4v) is 3.69. The molecule has 0 aromatic carbocycles. The Kier molecular flexibility index (Phi) is 5.38. The van der Waals surface area contributed by atoms with Crippen LogP contribution in [0.3, 0.4) is 0 Å². The SMILES string of the molecule is CCCC1SCC(C(=O)O)N1C(=O)NCc1ccncn1.